The van der Waals surface area contributed by atoms with Crippen LogP contribution in [0, 0.1) is 11.3 Å². The average Bonchev–Trinajstić information content (AvgIpc) is 2.89. The number of hydrogen-bond donors (Lipinski definition) is 0. The number of hydrogen-bond acceptors (Lipinski definition) is 2. The number of pyridine rings is 1. The molecule has 0 spiro atoms. The van der Waals surface area contributed by atoms with Crippen LogP contribution in [0.15, 0.2) is 72.9 Å². The van der Waals surface area contributed by atoms with Gasteiger partial charge in [0.1, 0.15) is 6.07 Å². The lowest BCUT2D eigenvalue weighted by atomic mass is 9.79. The number of nitrogens with zero attached hydrogens (tertiary/aromatic N) is 2. The zero-order chi connectivity index (χ0) is 26.6. The van der Waals surface area contributed by atoms with E-state index < -0.39 is 0 Å². The molecule has 0 saturated carbocycles. The Morgan fingerprint density at radius 3 is 1.76 bits per heavy atom. The second kappa shape index (κ2) is 7.42. The van der Waals surface area contributed by atoms with Gasteiger partial charge in [-0.15, -0.1) is 0 Å². The van der Waals surface area contributed by atoms with E-state index in [1.807, 2.05) is 0 Å². The van der Waals surface area contributed by atoms with Crippen molar-refractivity contribution < 1.29 is 0 Å². The zero-order valence-electron chi connectivity index (χ0n) is 22.8. The van der Waals surface area contributed by atoms with Crippen LogP contribution in [0.25, 0.3) is 64.8 Å². The third-order valence-electron chi connectivity index (χ3n) is 8.33. The minimum Gasteiger partial charge on any atom is -0.254 e. The van der Waals surface area contributed by atoms with Gasteiger partial charge in [-0.25, -0.2) is 0 Å². The Hall–Kier alpha value is -4.22. The third-order valence-corrected chi connectivity index (χ3v) is 8.33. The highest BCUT2D eigenvalue weighted by Crippen LogP contribution is 2.47. The summed E-state index contributed by atoms with van der Waals surface area (Å²) in [6, 6.07) is 27.2. The first-order valence-electron chi connectivity index (χ1n) is 13.4. The van der Waals surface area contributed by atoms with Gasteiger partial charge < -0.3 is 0 Å². The molecule has 0 aliphatic rings. The molecule has 0 unspecified atom stereocenters. The lowest BCUT2D eigenvalue weighted by Gasteiger charge is -2.25. The van der Waals surface area contributed by atoms with Gasteiger partial charge in [-0.3, -0.25) is 4.98 Å². The van der Waals surface area contributed by atoms with E-state index >= 15 is 0 Å². The molecule has 1 aromatic heterocycles. The maximum Gasteiger partial charge on any atom is 0.101 e. The molecule has 0 bridgehead atoms. The smallest absolute Gasteiger partial charge is 0.101 e. The maximum absolute atomic E-state index is 10.2. The molecule has 2 heteroatoms. The molecule has 0 atom stereocenters. The molecular formula is C36H30N2. The SMILES string of the molecule is CC(C)(C)c1ccc2c(c1)c1cc(C(C)(C)C)cc3c4cc5ccccc5cc4c4ncc(C#N)c2c4c31. The second-order valence-corrected chi connectivity index (χ2v) is 12.8. The summed E-state index contributed by atoms with van der Waals surface area (Å²) in [4.78, 5) is 4.95. The number of aromatic nitrogens is 1. The normalized spacial score (nSPS) is 13.0. The molecule has 1 heterocycles. The van der Waals surface area contributed by atoms with Crippen molar-refractivity contribution in [1.29, 1.82) is 5.26 Å². The van der Waals surface area contributed by atoms with Crippen molar-refractivity contribution in [3.63, 3.8) is 0 Å². The number of fused-ring (bicyclic) bond motifs is 7. The molecule has 0 saturated heterocycles. The Morgan fingerprint density at radius 2 is 1.16 bits per heavy atom. The standard InChI is InChI=1S/C36H30N2/c1-35(2,3)23-11-12-25-27(15-23)29-17-24(36(4,5)6)16-28-26-13-20-9-7-8-10-21(20)14-30(26)34-33(32(28)29)31(25)22(18-37)19-38-34/h7-17,19H,1-6H3. The molecule has 0 aliphatic carbocycles. The largest absolute Gasteiger partial charge is 0.254 e. The van der Waals surface area contributed by atoms with Crippen LogP contribution in [0.4, 0.5) is 0 Å². The third kappa shape index (κ3) is 3.09. The first kappa shape index (κ1) is 22.9. The highest BCUT2D eigenvalue weighted by atomic mass is 14.7. The summed E-state index contributed by atoms with van der Waals surface area (Å²) in [5, 5.41) is 23.2. The van der Waals surface area contributed by atoms with Crippen LogP contribution in [-0.4, -0.2) is 4.98 Å². The average molecular weight is 491 g/mol. The molecule has 0 aliphatic heterocycles. The first-order valence-corrected chi connectivity index (χ1v) is 13.4. The van der Waals surface area contributed by atoms with E-state index in [9.17, 15) is 5.26 Å². The van der Waals surface area contributed by atoms with Crippen molar-refractivity contribution in [1.82, 2.24) is 4.98 Å². The van der Waals surface area contributed by atoms with E-state index in [2.05, 4.69) is 114 Å². The minimum absolute atomic E-state index is 0.0162. The van der Waals surface area contributed by atoms with E-state index in [4.69, 9.17) is 4.98 Å². The van der Waals surface area contributed by atoms with Crippen LogP contribution in [0.2, 0.25) is 0 Å². The summed E-state index contributed by atoms with van der Waals surface area (Å²) in [7, 11) is 0. The summed E-state index contributed by atoms with van der Waals surface area (Å²) in [6.45, 7) is 13.6. The van der Waals surface area contributed by atoms with Gasteiger partial charge in [-0.2, -0.15) is 5.26 Å². The molecule has 0 N–H and O–H groups in total. The van der Waals surface area contributed by atoms with E-state index in [1.165, 1.54) is 48.8 Å². The fourth-order valence-corrected chi connectivity index (χ4v) is 6.20. The lowest BCUT2D eigenvalue weighted by Crippen LogP contribution is -2.12. The summed E-state index contributed by atoms with van der Waals surface area (Å²) < 4.78 is 0. The second-order valence-electron chi connectivity index (χ2n) is 12.8. The Bertz CT molecular complexity index is 2140. The maximum atomic E-state index is 10.2. The molecular weight excluding hydrogens is 460 g/mol. The van der Waals surface area contributed by atoms with Gasteiger partial charge in [0.25, 0.3) is 0 Å². The molecule has 0 amide bonds. The zero-order valence-corrected chi connectivity index (χ0v) is 22.8. The number of benzene rings is 6. The van der Waals surface area contributed by atoms with Gasteiger partial charge in [0, 0.05) is 27.7 Å². The van der Waals surface area contributed by atoms with Crippen LogP contribution < -0.4 is 0 Å². The first-order chi connectivity index (χ1) is 18.1. The summed E-state index contributed by atoms with van der Waals surface area (Å²) >= 11 is 0. The summed E-state index contributed by atoms with van der Waals surface area (Å²) in [6.07, 6.45) is 1.77. The predicted octanol–water partition coefficient (Wildman–Crippen LogP) is 9.91. The fraction of sp³-hybridized carbons (Fsp3) is 0.222. The van der Waals surface area contributed by atoms with Crippen molar-refractivity contribution in [2.45, 2.75) is 52.4 Å². The molecule has 0 radical (unpaired) electrons. The highest BCUT2D eigenvalue weighted by Gasteiger charge is 2.24. The topological polar surface area (TPSA) is 36.7 Å². The van der Waals surface area contributed by atoms with Crippen LogP contribution >= 0.6 is 0 Å². The fourth-order valence-electron chi connectivity index (χ4n) is 6.20. The van der Waals surface area contributed by atoms with E-state index in [-0.39, 0.29) is 10.8 Å². The Balaban J connectivity index is 1.87. The quantitative estimate of drug-likeness (QED) is 0.157. The van der Waals surface area contributed by atoms with Crippen molar-refractivity contribution >= 4 is 64.8 Å². The minimum atomic E-state index is -0.0162. The molecule has 184 valence electrons. The van der Waals surface area contributed by atoms with Gasteiger partial charge in [0.2, 0.25) is 0 Å². The van der Waals surface area contributed by atoms with Crippen molar-refractivity contribution in [3.8, 4) is 6.07 Å². The van der Waals surface area contributed by atoms with Crippen LogP contribution in [0.5, 0.6) is 0 Å². The van der Waals surface area contributed by atoms with E-state index in [0.29, 0.717) is 5.56 Å². The number of rotatable bonds is 0. The molecule has 6 aromatic carbocycles. The Labute approximate surface area is 222 Å². The van der Waals surface area contributed by atoms with Gasteiger partial charge in [-0.05, 0) is 90.0 Å². The molecule has 7 rings (SSSR count). The Morgan fingerprint density at radius 1 is 0.579 bits per heavy atom. The summed E-state index contributed by atoms with van der Waals surface area (Å²) in [5.74, 6) is 0. The van der Waals surface area contributed by atoms with E-state index in [0.717, 1.165) is 27.1 Å². The van der Waals surface area contributed by atoms with Crippen molar-refractivity contribution in [3.05, 3.63) is 89.6 Å². The molecule has 2 nitrogen and oxygen atoms in total. The number of nitriles is 1. The molecule has 7 aromatic rings. The van der Waals surface area contributed by atoms with Gasteiger partial charge in [0.05, 0.1) is 11.1 Å². The van der Waals surface area contributed by atoms with Gasteiger partial charge in [0.15, 0.2) is 0 Å². The summed E-state index contributed by atoms with van der Waals surface area (Å²) in [5.41, 5.74) is 4.22. The molecule has 38 heavy (non-hydrogen) atoms. The Kier molecular flexibility index (Phi) is 4.48. The van der Waals surface area contributed by atoms with Crippen molar-refractivity contribution in [2.24, 2.45) is 0 Å². The van der Waals surface area contributed by atoms with Crippen LogP contribution in [-0.2, 0) is 10.8 Å². The van der Waals surface area contributed by atoms with Gasteiger partial charge in [-0.1, -0.05) is 77.9 Å². The van der Waals surface area contributed by atoms with E-state index in [1.54, 1.807) is 6.20 Å². The highest BCUT2D eigenvalue weighted by molar-refractivity contribution is 6.40. The molecule has 0 fully saturated rings. The lowest BCUT2D eigenvalue weighted by molar-refractivity contribution is 0.590. The van der Waals surface area contributed by atoms with Crippen LogP contribution in [0.3, 0.4) is 0 Å². The monoisotopic (exact) mass is 490 g/mol. The van der Waals surface area contributed by atoms with Crippen LogP contribution in [0.1, 0.15) is 58.2 Å². The predicted molar refractivity (Wildman–Crippen MR) is 163 cm³/mol. The van der Waals surface area contributed by atoms with Crippen molar-refractivity contribution in [2.75, 3.05) is 0 Å². The van der Waals surface area contributed by atoms with Gasteiger partial charge >= 0.3 is 0 Å².